The van der Waals surface area contributed by atoms with Crippen molar-refractivity contribution in [2.75, 3.05) is 0 Å². The van der Waals surface area contributed by atoms with Crippen LogP contribution in [0.1, 0.15) is 52.9 Å². The Balaban J connectivity index is 3.66. The third-order valence-corrected chi connectivity index (χ3v) is 2.30. The van der Waals surface area contributed by atoms with Crippen LogP contribution in [0.4, 0.5) is 0 Å². The molecule has 0 aromatic heterocycles. The molecule has 0 aliphatic heterocycles. The molecule has 0 bridgehead atoms. The van der Waals surface area contributed by atoms with Gasteiger partial charge in [-0.05, 0) is 19.3 Å². The van der Waals surface area contributed by atoms with Crippen molar-refractivity contribution in [3.05, 3.63) is 24.3 Å². The summed E-state index contributed by atoms with van der Waals surface area (Å²) in [6.07, 6.45) is 15.3. The zero-order chi connectivity index (χ0) is 9.94. The molecule has 0 aromatic carbocycles. The maximum atomic E-state index is 2.30. The molecule has 13 heavy (non-hydrogen) atoms. The predicted molar refractivity (Wildman–Crippen MR) is 61.9 cm³/mol. The van der Waals surface area contributed by atoms with Gasteiger partial charge in [0, 0.05) is 0 Å². The summed E-state index contributed by atoms with van der Waals surface area (Å²) in [6.45, 7) is 6.61. The van der Waals surface area contributed by atoms with Gasteiger partial charge < -0.3 is 0 Å². The van der Waals surface area contributed by atoms with E-state index in [-0.39, 0.29) is 0 Å². The van der Waals surface area contributed by atoms with E-state index in [0.717, 1.165) is 5.92 Å². The van der Waals surface area contributed by atoms with Crippen LogP contribution < -0.4 is 0 Å². The summed E-state index contributed by atoms with van der Waals surface area (Å²) in [5.74, 6) is 0.913. The molecule has 0 fully saturated rings. The molecule has 0 saturated carbocycles. The molecule has 0 aliphatic rings. The number of hydrogen-bond acceptors (Lipinski definition) is 0. The lowest BCUT2D eigenvalue weighted by atomic mass is 9.95. The van der Waals surface area contributed by atoms with E-state index >= 15 is 0 Å². The third-order valence-electron chi connectivity index (χ3n) is 2.30. The molecule has 0 atom stereocenters. The van der Waals surface area contributed by atoms with E-state index in [1.807, 2.05) is 0 Å². The molecule has 0 rings (SSSR count). The van der Waals surface area contributed by atoms with E-state index < -0.39 is 0 Å². The van der Waals surface area contributed by atoms with E-state index in [0.29, 0.717) is 0 Å². The highest BCUT2D eigenvalue weighted by Crippen LogP contribution is 2.17. The molecule has 0 N–H and O–H groups in total. The average Bonchev–Trinajstić information content (AvgIpc) is 2.13. The van der Waals surface area contributed by atoms with Gasteiger partial charge in [0.05, 0.1) is 0 Å². The van der Waals surface area contributed by atoms with Gasteiger partial charge in [-0.3, -0.25) is 0 Å². The first-order valence-electron chi connectivity index (χ1n) is 5.62. The van der Waals surface area contributed by atoms with E-state index in [1.165, 1.54) is 32.1 Å². The maximum Gasteiger partial charge on any atom is -0.0319 e. The van der Waals surface area contributed by atoms with Crippen LogP contribution in [0.3, 0.4) is 0 Å². The highest BCUT2D eigenvalue weighted by Gasteiger charge is 2.02. The lowest BCUT2D eigenvalue weighted by Gasteiger charge is -2.11. The van der Waals surface area contributed by atoms with Crippen molar-refractivity contribution < 1.29 is 0 Å². The molecular formula is C13H24. The van der Waals surface area contributed by atoms with E-state index in [4.69, 9.17) is 0 Å². The van der Waals surface area contributed by atoms with Gasteiger partial charge in [0.25, 0.3) is 0 Å². The molecular weight excluding hydrogens is 156 g/mol. The Kier molecular flexibility index (Phi) is 9.18. The fourth-order valence-electron chi connectivity index (χ4n) is 1.66. The van der Waals surface area contributed by atoms with Crippen LogP contribution in [-0.2, 0) is 0 Å². The quantitative estimate of drug-likeness (QED) is 0.497. The number of hydrogen-bond donors (Lipinski definition) is 0. The van der Waals surface area contributed by atoms with Gasteiger partial charge in [-0.2, -0.15) is 0 Å². The summed E-state index contributed by atoms with van der Waals surface area (Å²) in [5, 5.41) is 0. The maximum absolute atomic E-state index is 2.30. The van der Waals surface area contributed by atoms with Crippen LogP contribution in [0.5, 0.6) is 0 Å². The smallest absolute Gasteiger partial charge is 0.0319 e. The topological polar surface area (TPSA) is 0 Å². The molecule has 0 nitrogen and oxygen atoms in total. The third kappa shape index (κ3) is 7.83. The van der Waals surface area contributed by atoms with Gasteiger partial charge >= 0.3 is 0 Å². The second-order valence-corrected chi connectivity index (χ2v) is 3.63. The molecule has 0 aliphatic carbocycles. The summed E-state index contributed by atoms with van der Waals surface area (Å²) in [7, 11) is 0. The summed E-state index contributed by atoms with van der Waals surface area (Å²) in [4.78, 5) is 0. The normalized spacial score (nSPS) is 12.3. The minimum absolute atomic E-state index is 0.913. The Bertz CT molecular complexity index is 136. The van der Waals surface area contributed by atoms with Crippen LogP contribution in [0.2, 0.25) is 0 Å². The van der Waals surface area contributed by atoms with Crippen LogP contribution in [0.15, 0.2) is 24.3 Å². The van der Waals surface area contributed by atoms with E-state index in [1.54, 1.807) is 0 Å². The summed E-state index contributed by atoms with van der Waals surface area (Å²) in [6, 6.07) is 0. The monoisotopic (exact) mass is 180 g/mol. The number of rotatable bonds is 7. The molecule has 0 amide bonds. The highest BCUT2D eigenvalue weighted by molar-refractivity contribution is 5.01. The largest absolute Gasteiger partial charge is 0.0877 e. The standard InChI is InChI=1S/C13H24/c1-4-7-8-9-12-13(10-5-2)11-6-3/h4,7-9,13H,5-6,10-12H2,1-3H3/b7-4-,9-8-. The first-order chi connectivity index (χ1) is 6.35. The van der Waals surface area contributed by atoms with Crippen LogP contribution in [0, 0.1) is 5.92 Å². The van der Waals surface area contributed by atoms with Crippen molar-refractivity contribution >= 4 is 0 Å². The van der Waals surface area contributed by atoms with Crippen molar-refractivity contribution in [3.63, 3.8) is 0 Å². The molecule has 0 heterocycles. The Morgan fingerprint density at radius 1 is 1.00 bits per heavy atom. The number of allylic oxidation sites excluding steroid dienone is 4. The van der Waals surface area contributed by atoms with Crippen LogP contribution in [0.25, 0.3) is 0 Å². The molecule has 0 spiro atoms. The van der Waals surface area contributed by atoms with Crippen molar-refractivity contribution in [1.82, 2.24) is 0 Å². The molecule has 0 heteroatoms. The molecule has 0 saturated heterocycles. The van der Waals surface area contributed by atoms with Gasteiger partial charge in [-0.25, -0.2) is 0 Å². The Morgan fingerprint density at radius 3 is 2.08 bits per heavy atom. The first kappa shape index (κ1) is 12.5. The van der Waals surface area contributed by atoms with Crippen molar-refractivity contribution in [3.8, 4) is 0 Å². The zero-order valence-electron chi connectivity index (χ0n) is 9.42. The van der Waals surface area contributed by atoms with Gasteiger partial charge in [0.2, 0.25) is 0 Å². The molecule has 0 radical (unpaired) electrons. The van der Waals surface area contributed by atoms with E-state index in [2.05, 4.69) is 45.1 Å². The lowest BCUT2D eigenvalue weighted by molar-refractivity contribution is 0.445. The summed E-state index contributed by atoms with van der Waals surface area (Å²) < 4.78 is 0. The fraction of sp³-hybridized carbons (Fsp3) is 0.692. The predicted octanol–water partition coefficient (Wildman–Crippen LogP) is 4.73. The summed E-state index contributed by atoms with van der Waals surface area (Å²) >= 11 is 0. The van der Waals surface area contributed by atoms with Crippen LogP contribution >= 0.6 is 0 Å². The van der Waals surface area contributed by atoms with Crippen molar-refractivity contribution in [2.45, 2.75) is 52.9 Å². The molecule has 0 unspecified atom stereocenters. The summed E-state index contributed by atoms with van der Waals surface area (Å²) in [5.41, 5.74) is 0. The average molecular weight is 180 g/mol. The van der Waals surface area contributed by atoms with Crippen molar-refractivity contribution in [1.29, 1.82) is 0 Å². The van der Waals surface area contributed by atoms with Crippen molar-refractivity contribution in [2.24, 2.45) is 5.92 Å². The van der Waals surface area contributed by atoms with Gasteiger partial charge in [0.15, 0.2) is 0 Å². The first-order valence-corrected chi connectivity index (χ1v) is 5.62. The fourth-order valence-corrected chi connectivity index (χ4v) is 1.66. The van der Waals surface area contributed by atoms with Crippen LogP contribution in [-0.4, -0.2) is 0 Å². The van der Waals surface area contributed by atoms with E-state index in [9.17, 15) is 0 Å². The second kappa shape index (κ2) is 9.57. The van der Waals surface area contributed by atoms with Gasteiger partial charge in [0.1, 0.15) is 0 Å². The zero-order valence-corrected chi connectivity index (χ0v) is 9.42. The second-order valence-electron chi connectivity index (χ2n) is 3.63. The molecule has 76 valence electrons. The lowest BCUT2D eigenvalue weighted by Crippen LogP contribution is -1.97. The minimum Gasteiger partial charge on any atom is -0.0877 e. The van der Waals surface area contributed by atoms with Gasteiger partial charge in [-0.1, -0.05) is 63.8 Å². The SMILES string of the molecule is C/C=C\C=C/CC(CCC)CCC. The Hall–Kier alpha value is -0.520. The Labute approximate surface area is 83.7 Å². The minimum atomic E-state index is 0.913. The molecule has 0 aromatic rings. The highest BCUT2D eigenvalue weighted by atomic mass is 14.1. The van der Waals surface area contributed by atoms with Gasteiger partial charge in [-0.15, -0.1) is 0 Å². The Morgan fingerprint density at radius 2 is 1.62 bits per heavy atom.